The molecule has 1 amide bonds. The summed E-state index contributed by atoms with van der Waals surface area (Å²) in [4.78, 5) is 14.0. The average molecular weight is 328 g/mol. The quantitative estimate of drug-likeness (QED) is 0.934. The number of carbonyl (C=O) groups is 1. The first kappa shape index (κ1) is 15.3. The molecule has 6 heteroatoms. The summed E-state index contributed by atoms with van der Waals surface area (Å²) in [5.41, 5.74) is 6.96. The molecule has 0 saturated carbocycles. The van der Waals surface area contributed by atoms with Crippen molar-refractivity contribution in [2.24, 2.45) is 5.73 Å². The molecule has 2 N–H and O–H groups in total. The third-order valence-corrected chi connectivity index (χ3v) is 5.01. The lowest BCUT2D eigenvalue weighted by Gasteiger charge is -2.26. The molecule has 1 aliphatic rings. The highest BCUT2D eigenvalue weighted by Crippen LogP contribution is 2.41. The molecule has 0 unspecified atom stereocenters. The molecule has 0 bridgehead atoms. The van der Waals surface area contributed by atoms with Gasteiger partial charge in [-0.3, -0.25) is 9.69 Å². The van der Waals surface area contributed by atoms with Gasteiger partial charge in [-0.15, -0.1) is 0 Å². The molecule has 118 valence electrons. The van der Waals surface area contributed by atoms with E-state index in [2.05, 4.69) is 0 Å². The van der Waals surface area contributed by atoms with E-state index >= 15 is 0 Å². The van der Waals surface area contributed by atoms with Gasteiger partial charge in [0.05, 0.1) is 0 Å². The van der Waals surface area contributed by atoms with E-state index in [9.17, 15) is 13.2 Å². The molecule has 1 aliphatic heterocycles. The molecule has 2 aromatic carbocycles. The van der Waals surface area contributed by atoms with Crippen LogP contribution in [0.25, 0.3) is 0 Å². The largest absolute Gasteiger partial charge is 0.393 e. The maximum atomic E-state index is 12.6. The normalized spacial score (nSPS) is 18.6. The minimum Gasteiger partial charge on any atom is -0.393 e. The monoisotopic (exact) mass is 328 g/mol. The number of anilines is 1. The van der Waals surface area contributed by atoms with E-state index in [0.717, 1.165) is 6.26 Å². The molecular weight excluding hydrogens is 312 g/mol. The Morgan fingerprint density at radius 3 is 2.00 bits per heavy atom. The summed E-state index contributed by atoms with van der Waals surface area (Å²) in [6.07, 6.45) is 1.08. The molecule has 0 aromatic heterocycles. The fourth-order valence-electron chi connectivity index (χ4n) is 2.81. The number of hydrogen-bond donors (Lipinski definition) is 1. The lowest BCUT2D eigenvalue weighted by molar-refractivity contribution is -0.114. The maximum Gasteiger partial charge on any atom is 0.276 e. The highest BCUT2D eigenvalue weighted by atomic mass is 32.2. The Kier molecular flexibility index (Phi) is 3.69. The van der Waals surface area contributed by atoms with Crippen molar-refractivity contribution < 1.29 is 13.2 Å². The molecular formula is C17H16N2O3S. The van der Waals surface area contributed by atoms with Gasteiger partial charge < -0.3 is 5.73 Å². The Morgan fingerprint density at radius 1 is 0.957 bits per heavy atom. The molecule has 1 atom stereocenters. The summed E-state index contributed by atoms with van der Waals surface area (Å²) in [5, 5.41) is 0. The van der Waals surface area contributed by atoms with Crippen LogP contribution in [0.5, 0.6) is 0 Å². The van der Waals surface area contributed by atoms with Gasteiger partial charge in [-0.2, -0.15) is 0 Å². The number of benzene rings is 2. The molecule has 0 aliphatic carbocycles. The van der Waals surface area contributed by atoms with E-state index in [1.54, 1.807) is 48.5 Å². The van der Waals surface area contributed by atoms with Crippen molar-refractivity contribution >= 4 is 21.4 Å². The predicted molar refractivity (Wildman–Crippen MR) is 89.2 cm³/mol. The standard InChI is InChI=1S/C17H16N2O3S/c1-23(21,22)16-14(18)17(20)19(13-10-6-3-7-11-13)15(16)12-8-4-2-5-9-12/h2-11,15H,18H2,1H3/t15-/m0/s1. The van der Waals surface area contributed by atoms with Gasteiger partial charge in [-0.05, 0) is 17.7 Å². The summed E-state index contributed by atoms with van der Waals surface area (Å²) in [6, 6.07) is 17.2. The fourth-order valence-corrected chi connectivity index (χ4v) is 3.94. The Bertz CT molecular complexity index is 875. The first-order chi connectivity index (χ1) is 10.9. The van der Waals surface area contributed by atoms with Gasteiger partial charge in [0.15, 0.2) is 9.84 Å². The SMILES string of the molecule is CS(=O)(=O)C1=C(N)C(=O)N(c2ccccc2)[C@H]1c1ccccc1. The Morgan fingerprint density at radius 2 is 1.48 bits per heavy atom. The second-order valence-electron chi connectivity index (χ2n) is 5.37. The van der Waals surface area contributed by atoms with Crippen LogP contribution >= 0.6 is 0 Å². The first-order valence-corrected chi connectivity index (χ1v) is 8.93. The van der Waals surface area contributed by atoms with Crippen molar-refractivity contribution in [2.45, 2.75) is 6.04 Å². The summed E-state index contributed by atoms with van der Waals surface area (Å²) < 4.78 is 24.5. The van der Waals surface area contributed by atoms with Crippen LogP contribution in [0.2, 0.25) is 0 Å². The minimum atomic E-state index is -3.63. The topological polar surface area (TPSA) is 80.5 Å². The number of amides is 1. The Hall–Kier alpha value is -2.60. The van der Waals surface area contributed by atoms with E-state index in [1.807, 2.05) is 12.1 Å². The number of rotatable bonds is 3. The van der Waals surface area contributed by atoms with Gasteiger partial charge in [-0.1, -0.05) is 48.5 Å². The van der Waals surface area contributed by atoms with Crippen LogP contribution in [-0.4, -0.2) is 20.6 Å². The maximum absolute atomic E-state index is 12.6. The van der Waals surface area contributed by atoms with Gasteiger partial charge in [0.1, 0.15) is 16.6 Å². The summed E-state index contributed by atoms with van der Waals surface area (Å²) in [7, 11) is -3.63. The molecule has 1 heterocycles. The van der Waals surface area contributed by atoms with E-state index in [-0.39, 0.29) is 10.6 Å². The summed E-state index contributed by atoms with van der Waals surface area (Å²) in [5.74, 6) is -0.495. The second-order valence-corrected chi connectivity index (χ2v) is 7.36. The molecule has 5 nitrogen and oxygen atoms in total. The van der Waals surface area contributed by atoms with E-state index in [4.69, 9.17) is 5.73 Å². The number of para-hydroxylation sites is 1. The van der Waals surface area contributed by atoms with Gasteiger partial charge in [0.2, 0.25) is 0 Å². The smallest absolute Gasteiger partial charge is 0.276 e. The zero-order valence-corrected chi connectivity index (χ0v) is 13.3. The third kappa shape index (κ3) is 2.61. The van der Waals surface area contributed by atoms with Crippen LogP contribution in [0.15, 0.2) is 71.3 Å². The van der Waals surface area contributed by atoms with Crippen molar-refractivity contribution in [3.05, 3.63) is 76.8 Å². The van der Waals surface area contributed by atoms with E-state index in [0.29, 0.717) is 11.3 Å². The molecule has 0 saturated heterocycles. The van der Waals surface area contributed by atoms with E-state index < -0.39 is 21.8 Å². The Balaban J connectivity index is 2.24. The van der Waals surface area contributed by atoms with Crippen molar-refractivity contribution in [3.8, 4) is 0 Å². The van der Waals surface area contributed by atoms with Gasteiger partial charge in [0, 0.05) is 11.9 Å². The van der Waals surface area contributed by atoms with Crippen molar-refractivity contribution in [1.29, 1.82) is 0 Å². The zero-order chi connectivity index (χ0) is 16.6. The first-order valence-electron chi connectivity index (χ1n) is 7.04. The molecule has 2 aromatic rings. The van der Waals surface area contributed by atoms with Crippen LogP contribution in [0.1, 0.15) is 11.6 Å². The molecule has 0 fully saturated rings. The molecule has 0 spiro atoms. The number of hydrogen-bond acceptors (Lipinski definition) is 4. The average Bonchev–Trinajstić information content (AvgIpc) is 2.81. The fraction of sp³-hybridized carbons (Fsp3) is 0.118. The van der Waals surface area contributed by atoms with Gasteiger partial charge in [-0.25, -0.2) is 8.42 Å². The lowest BCUT2D eigenvalue weighted by Crippen LogP contribution is -2.31. The highest BCUT2D eigenvalue weighted by Gasteiger charge is 2.44. The number of nitrogens with two attached hydrogens (primary N) is 1. The number of sulfone groups is 1. The van der Waals surface area contributed by atoms with Crippen molar-refractivity contribution in [3.63, 3.8) is 0 Å². The van der Waals surface area contributed by atoms with Crippen LogP contribution in [-0.2, 0) is 14.6 Å². The van der Waals surface area contributed by atoms with Gasteiger partial charge >= 0.3 is 0 Å². The number of nitrogens with zero attached hydrogens (tertiary/aromatic N) is 1. The predicted octanol–water partition coefficient (Wildman–Crippen LogP) is 1.99. The molecule has 0 radical (unpaired) electrons. The Labute approximate surface area is 135 Å². The highest BCUT2D eigenvalue weighted by molar-refractivity contribution is 7.94. The van der Waals surface area contributed by atoms with Crippen LogP contribution < -0.4 is 10.6 Å². The lowest BCUT2D eigenvalue weighted by atomic mass is 10.1. The van der Waals surface area contributed by atoms with Crippen LogP contribution in [0.3, 0.4) is 0 Å². The molecule has 23 heavy (non-hydrogen) atoms. The molecule has 3 rings (SSSR count). The van der Waals surface area contributed by atoms with Crippen LogP contribution in [0.4, 0.5) is 5.69 Å². The summed E-state index contributed by atoms with van der Waals surface area (Å²) >= 11 is 0. The van der Waals surface area contributed by atoms with Crippen molar-refractivity contribution in [2.75, 3.05) is 11.2 Å². The van der Waals surface area contributed by atoms with Gasteiger partial charge in [0.25, 0.3) is 5.91 Å². The van der Waals surface area contributed by atoms with Crippen LogP contribution in [0, 0.1) is 0 Å². The third-order valence-electron chi connectivity index (χ3n) is 3.77. The van der Waals surface area contributed by atoms with E-state index in [1.165, 1.54) is 4.90 Å². The van der Waals surface area contributed by atoms with Crippen molar-refractivity contribution in [1.82, 2.24) is 0 Å². The summed E-state index contributed by atoms with van der Waals surface area (Å²) in [6.45, 7) is 0. The minimum absolute atomic E-state index is 0.0439. The second kappa shape index (κ2) is 5.55. The zero-order valence-electron chi connectivity index (χ0n) is 12.5. The number of carbonyl (C=O) groups excluding carboxylic acids is 1.